The fourth-order valence-corrected chi connectivity index (χ4v) is 9.41. The summed E-state index contributed by atoms with van der Waals surface area (Å²) in [5, 5.41) is 49.8. The van der Waals surface area contributed by atoms with Gasteiger partial charge >= 0.3 is 35.8 Å². The fraction of sp³-hybridized carbons (Fsp3) is 0.474. The number of carbonyl (C=O) groups is 12. The van der Waals surface area contributed by atoms with Crippen molar-refractivity contribution in [2.75, 3.05) is 49.3 Å². The summed E-state index contributed by atoms with van der Waals surface area (Å²) in [6.07, 6.45) is -1.25. The third-order valence-corrected chi connectivity index (χ3v) is 13.1. The molecule has 32 heteroatoms. The number of hydrogen-bond acceptors (Lipinski definition) is 20. The van der Waals surface area contributed by atoms with Gasteiger partial charge in [-0.1, -0.05) is 49.2 Å². The molecule has 6 amide bonds. The molecule has 384 valence electrons. The molecule has 0 fully saturated rings. The molecule has 70 heavy (non-hydrogen) atoms. The molecule has 0 aliphatic carbocycles. The number of ether oxygens (including phenoxy) is 2. The van der Waals surface area contributed by atoms with Gasteiger partial charge in [0.15, 0.2) is 0 Å². The molecule has 0 aromatic heterocycles. The number of carboxylic acids is 4. The number of esters is 2. The van der Waals surface area contributed by atoms with Crippen molar-refractivity contribution in [3.05, 3.63) is 49.2 Å². The van der Waals surface area contributed by atoms with Crippen molar-refractivity contribution in [3.8, 4) is 0 Å². The Morgan fingerprint density at radius 1 is 0.543 bits per heavy atom. The van der Waals surface area contributed by atoms with Gasteiger partial charge in [0, 0.05) is 112 Å². The number of hydrogen-bond donors (Lipinski definition) is 12. The quantitative estimate of drug-likeness (QED) is 0.0143. The van der Waals surface area contributed by atoms with E-state index >= 15 is 0 Å². The van der Waals surface area contributed by atoms with Crippen molar-refractivity contribution in [1.29, 1.82) is 0 Å². The molecule has 0 bridgehead atoms. The van der Waals surface area contributed by atoms with Gasteiger partial charge in [-0.05, 0) is 44.3 Å². The minimum Gasteiger partial charge on any atom is -0.497 e. The maximum absolute atomic E-state index is 13.4. The molecule has 0 saturated heterocycles. The number of carboxylic acid groups (broad SMARTS) is 4. The van der Waals surface area contributed by atoms with Gasteiger partial charge in [0.2, 0.25) is 23.6 Å². The SMILES string of the molecule is [CH2-]COC(=O)C(CSSCC(NC(=O)CCC(N)C(=O)O)C(=O)NCC(=O)O)NC(=O)c1cccc(C(=O)NC(CSSCC(NC(=O)CCC(N)C(=O)O)C(=O)NCC(=O)O)C(=O)OC[CH2-])c1.[Y].[Y]. The minimum atomic E-state index is -1.37. The average Bonchev–Trinajstić information content (AvgIpc) is 3.29. The summed E-state index contributed by atoms with van der Waals surface area (Å²) in [5.41, 5.74) is 10.6. The van der Waals surface area contributed by atoms with E-state index in [9.17, 15) is 57.5 Å². The predicted octanol–water partition coefficient (Wildman–Crippen LogP) is -2.85. The number of nitrogens with two attached hydrogens (primary N) is 2. The molecule has 14 N–H and O–H groups in total. The Morgan fingerprint density at radius 2 is 0.871 bits per heavy atom. The average molecular weight is 1210 g/mol. The first-order valence-electron chi connectivity index (χ1n) is 19.8. The van der Waals surface area contributed by atoms with Crippen LogP contribution < -0.4 is 43.4 Å². The van der Waals surface area contributed by atoms with Crippen molar-refractivity contribution in [2.45, 2.75) is 61.9 Å². The smallest absolute Gasteiger partial charge is 0.326 e. The number of benzene rings is 1. The molecule has 0 spiro atoms. The fourth-order valence-electron chi connectivity index (χ4n) is 4.78. The van der Waals surface area contributed by atoms with Gasteiger partial charge in [-0.2, -0.15) is 0 Å². The number of rotatable bonds is 34. The van der Waals surface area contributed by atoms with E-state index in [1.54, 1.807) is 0 Å². The Balaban J connectivity index is 0. The zero-order valence-corrected chi connectivity index (χ0v) is 46.1. The topological polar surface area (TPSA) is 428 Å². The van der Waals surface area contributed by atoms with Crippen molar-refractivity contribution in [1.82, 2.24) is 31.9 Å². The summed E-state index contributed by atoms with van der Waals surface area (Å²) >= 11 is 0. The maximum Gasteiger partial charge on any atom is 0.326 e. The van der Waals surface area contributed by atoms with Crippen molar-refractivity contribution < 1.29 is 153 Å². The van der Waals surface area contributed by atoms with Crippen molar-refractivity contribution >= 4 is 114 Å². The first kappa shape index (κ1) is 68.5. The van der Waals surface area contributed by atoms with Crippen LogP contribution in [0.25, 0.3) is 0 Å². The first-order chi connectivity index (χ1) is 32.1. The summed E-state index contributed by atoms with van der Waals surface area (Å²) < 4.78 is 9.97. The van der Waals surface area contributed by atoms with E-state index in [-0.39, 0.29) is 138 Å². The van der Waals surface area contributed by atoms with Crippen LogP contribution in [0.5, 0.6) is 0 Å². The summed E-state index contributed by atoms with van der Waals surface area (Å²) in [6.45, 7) is 4.71. The summed E-state index contributed by atoms with van der Waals surface area (Å²) in [4.78, 5) is 147. The standard InChI is InChI=1S/C38H52N8O18S4.2Y/c1-3-63-37(61)25(17-67-65-15-23(33(55)41-13-29(49)50)43-27(47)10-8-21(39)35(57)58)45-31(53)19-6-5-7-20(12-19)32(54)46-26(38(62)64-4-2)18-68-66-16-24(34(56)42-14-30(51)52)44-28(48)11-9-22(40)36(59)60;;/h5-7,12,21-26H,1-4,8-11,13-18,39-40H2,(H,41,55)(H,42,56)(H,43,47)(H,44,48)(H,45,53)(H,46,54)(H,49,50)(H,51,52)(H,57,58)(H,59,60);;/q-2;;. The Labute approximate surface area is 466 Å². The van der Waals surface area contributed by atoms with Gasteiger partial charge in [-0.3, -0.25) is 47.9 Å². The van der Waals surface area contributed by atoms with Crippen LogP contribution in [0.15, 0.2) is 24.3 Å². The van der Waals surface area contributed by atoms with Crippen molar-refractivity contribution in [3.63, 3.8) is 0 Å². The van der Waals surface area contributed by atoms with Crippen molar-refractivity contribution in [2.24, 2.45) is 11.5 Å². The zero-order valence-electron chi connectivity index (χ0n) is 37.1. The van der Waals surface area contributed by atoms with E-state index < -0.39 is 121 Å². The van der Waals surface area contributed by atoms with Crippen LogP contribution in [0, 0.1) is 13.8 Å². The number of aliphatic carboxylic acids is 4. The summed E-state index contributed by atoms with van der Waals surface area (Å²) in [5.74, 6) is -12.9. The predicted molar refractivity (Wildman–Crippen MR) is 246 cm³/mol. The molecule has 26 nitrogen and oxygen atoms in total. The van der Waals surface area contributed by atoms with Gasteiger partial charge in [0.05, 0.1) is 0 Å². The van der Waals surface area contributed by atoms with Crippen LogP contribution in [0.4, 0.5) is 0 Å². The zero-order chi connectivity index (χ0) is 51.3. The minimum absolute atomic E-state index is 0. The van der Waals surface area contributed by atoms with Gasteiger partial charge in [-0.15, -0.1) is 0 Å². The molecule has 0 heterocycles. The molecule has 6 unspecified atom stereocenters. The number of amides is 6. The van der Waals surface area contributed by atoms with E-state index in [0.717, 1.165) is 49.2 Å². The number of carbonyl (C=O) groups excluding carboxylic acids is 8. The molecule has 0 saturated carbocycles. The van der Waals surface area contributed by atoms with Crippen LogP contribution >= 0.6 is 43.2 Å². The van der Waals surface area contributed by atoms with Crippen LogP contribution in [-0.2, 0) is 123 Å². The van der Waals surface area contributed by atoms with E-state index in [1.165, 1.54) is 18.2 Å². The Kier molecular flexibility index (Phi) is 37.2. The molecule has 6 atom stereocenters. The van der Waals surface area contributed by atoms with Crippen LogP contribution in [0.3, 0.4) is 0 Å². The molecule has 0 aliphatic heterocycles. The molecule has 0 aliphatic rings. The van der Waals surface area contributed by atoms with Gasteiger partial charge in [0.1, 0.15) is 49.3 Å². The van der Waals surface area contributed by atoms with Gasteiger partial charge in [0.25, 0.3) is 11.8 Å². The second kappa shape index (κ2) is 38.1. The second-order valence-corrected chi connectivity index (χ2v) is 18.6. The third kappa shape index (κ3) is 29.0. The van der Waals surface area contributed by atoms with Gasteiger partial charge < -0.3 is 87.1 Å². The molecular formula is C38H52N8O18S4Y2-2. The maximum atomic E-state index is 13.4. The normalized spacial score (nSPS) is 13.0. The Hall–Kier alpha value is -3.61. The van der Waals surface area contributed by atoms with Gasteiger partial charge in [-0.25, -0.2) is 9.59 Å². The largest absolute Gasteiger partial charge is 0.497 e. The van der Waals surface area contributed by atoms with E-state index in [0.29, 0.717) is 0 Å². The second-order valence-electron chi connectivity index (χ2n) is 13.5. The molecule has 1 rings (SSSR count). The molecule has 1 aromatic carbocycles. The van der Waals surface area contributed by atoms with E-state index in [2.05, 4.69) is 45.7 Å². The van der Waals surface area contributed by atoms with Crippen LogP contribution in [0.2, 0.25) is 0 Å². The molecule has 1 aromatic rings. The third-order valence-electron chi connectivity index (χ3n) is 8.29. The van der Waals surface area contributed by atoms with E-state index in [4.69, 9.17) is 41.4 Å². The Morgan fingerprint density at radius 3 is 1.17 bits per heavy atom. The first-order valence-corrected chi connectivity index (χ1v) is 24.7. The molecular weight excluding hydrogens is 1160 g/mol. The number of nitrogens with one attached hydrogen (secondary N) is 6. The Bertz CT molecular complexity index is 1850. The summed E-state index contributed by atoms with van der Waals surface area (Å²) in [7, 11) is 3.79. The molecule has 2 radical (unpaired) electrons. The van der Waals surface area contributed by atoms with Crippen LogP contribution in [-0.4, -0.2) is 177 Å². The monoisotopic (exact) mass is 1210 g/mol. The summed E-state index contributed by atoms with van der Waals surface area (Å²) in [6, 6.07) is -2.88. The van der Waals surface area contributed by atoms with Crippen LogP contribution in [0.1, 0.15) is 46.4 Å². The van der Waals surface area contributed by atoms with E-state index in [1.807, 2.05) is 0 Å².